The second kappa shape index (κ2) is 6.36. The van der Waals surface area contributed by atoms with Gasteiger partial charge in [-0.1, -0.05) is 54.6 Å². The van der Waals surface area contributed by atoms with Crippen molar-refractivity contribution in [1.29, 1.82) is 0 Å². The van der Waals surface area contributed by atoms with Gasteiger partial charge < -0.3 is 5.32 Å². The quantitative estimate of drug-likeness (QED) is 0.607. The van der Waals surface area contributed by atoms with Crippen LogP contribution in [-0.2, 0) is 0 Å². The summed E-state index contributed by atoms with van der Waals surface area (Å²) in [6.07, 6.45) is 1.53. The van der Waals surface area contributed by atoms with Crippen molar-refractivity contribution < 1.29 is 0 Å². The summed E-state index contributed by atoms with van der Waals surface area (Å²) in [4.78, 5) is 8.88. The van der Waals surface area contributed by atoms with Gasteiger partial charge >= 0.3 is 0 Å². The topological polar surface area (TPSA) is 55.1 Å². The van der Waals surface area contributed by atoms with E-state index >= 15 is 0 Å². The fraction of sp³-hybridized carbons (Fsp3) is 0.150. The Morgan fingerprint density at radius 1 is 1.00 bits per heavy atom. The molecule has 25 heavy (non-hydrogen) atoms. The molecule has 0 aliphatic heterocycles. The standard InChI is InChI=1S/C20H19N5/c1-14-8-6-7-11-17(14)15(2)23-19-12-18(16-9-4-3-5-10-16)24-20-21-13-22-25(19)20/h3-13,15,23H,1-2H3. The lowest BCUT2D eigenvalue weighted by Crippen LogP contribution is -2.12. The summed E-state index contributed by atoms with van der Waals surface area (Å²) in [6.45, 7) is 4.27. The Morgan fingerprint density at radius 2 is 1.76 bits per heavy atom. The summed E-state index contributed by atoms with van der Waals surface area (Å²) >= 11 is 0. The lowest BCUT2D eigenvalue weighted by atomic mass is 10.0. The maximum Gasteiger partial charge on any atom is 0.254 e. The molecule has 4 rings (SSSR count). The third kappa shape index (κ3) is 2.96. The molecule has 0 aliphatic rings. The summed E-state index contributed by atoms with van der Waals surface area (Å²) < 4.78 is 1.74. The molecule has 5 heteroatoms. The highest BCUT2D eigenvalue weighted by atomic mass is 15.4. The Hall–Kier alpha value is -3.21. The smallest absolute Gasteiger partial charge is 0.254 e. The highest BCUT2D eigenvalue weighted by Crippen LogP contribution is 2.25. The van der Waals surface area contributed by atoms with Crippen LogP contribution in [0.4, 0.5) is 5.82 Å². The highest BCUT2D eigenvalue weighted by molar-refractivity contribution is 5.65. The van der Waals surface area contributed by atoms with Crippen molar-refractivity contribution in [3.8, 4) is 11.3 Å². The number of nitrogens with zero attached hydrogens (tertiary/aromatic N) is 4. The van der Waals surface area contributed by atoms with Gasteiger partial charge in [-0.15, -0.1) is 0 Å². The van der Waals surface area contributed by atoms with E-state index in [1.165, 1.54) is 17.5 Å². The number of anilines is 1. The van der Waals surface area contributed by atoms with E-state index in [9.17, 15) is 0 Å². The summed E-state index contributed by atoms with van der Waals surface area (Å²) in [5.41, 5.74) is 4.45. The van der Waals surface area contributed by atoms with Gasteiger partial charge in [0.15, 0.2) is 0 Å². The van der Waals surface area contributed by atoms with E-state index in [-0.39, 0.29) is 6.04 Å². The average Bonchev–Trinajstić information content (AvgIpc) is 3.11. The molecule has 2 heterocycles. The molecular formula is C20H19N5. The number of aryl methyl sites for hydroxylation is 1. The van der Waals surface area contributed by atoms with Crippen LogP contribution in [0, 0.1) is 6.92 Å². The predicted octanol–water partition coefficient (Wildman–Crippen LogP) is 4.27. The zero-order valence-electron chi connectivity index (χ0n) is 14.2. The molecule has 124 valence electrons. The largest absolute Gasteiger partial charge is 0.363 e. The average molecular weight is 329 g/mol. The summed E-state index contributed by atoms with van der Waals surface area (Å²) in [5, 5.41) is 7.86. The monoisotopic (exact) mass is 329 g/mol. The Bertz CT molecular complexity index is 1010. The molecule has 0 fully saturated rings. The van der Waals surface area contributed by atoms with Gasteiger partial charge in [-0.25, -0.2) is 4.98 Å². The minimum atomic E-state index is 0.139. The van der Waals surface area contributed by atoms with Crippen LogP contribution >= 0.6 is 0 Å². The number of rotatable bonds is 4. The normalized spacial score (nSPS) is 12.2. The first-order chi connectivity index (χ1) is 12.2. The van der Waals surface area contributed by atoms with Gasteiger partial charge in [-0.05, 0) is 25.0 Å². The zero-order chi connectivity index (χ0) is 17.2. The Balaban J connectivity index is 1.76. The Kier molecular flexibility index (Phi) is 3.90. The summed E-state index contributed by atoms with van der Waals surface area (Å²) in [7, 11) is 0. The number of fused-ring (bicyclic) bond motifs is 1. The molecule has 1 N–H and O–H groups in total. The zero-order valence-corrected chi connectivity index (χ0v) is 14.2. The van der Waals surface area contributed by atoms with Gasteiger partial charge in [-0.2, -0.15) is 14.6 Å². The van der Waals surface area contributed by atoms with Crippen LogP contribution in [0.2, 0.25) is 0 Å². The van der Waals surface area contributed by atoms with Crippen molar-refractivity contribution in [3.63, 3.8) is 0 Å². The van der Waals surface area contributed by atoms with Gasteiger partial charge in [-0.3, -0.25) is 0 Å². The van der Waals surface area contributed by atoms with Crippen LogP contribution in [0.5, 0.6) is 0 Å². The molecule has 0 amide bonds. The second-order valence-corrected chi connectivity index (χ2v) is 6.09. The van der Waals surface area contributed by atoms with Crippen molar-refractivity contribution in [2.45, 2.75) is 19.9 Å². The van der Waals surface area contributed by atoms with Crippen LogP contribution in [0.3, 0.4) is 0 Å². The fourth-order valence-electron chi connectivity index (χ4n) is 3.04. The molecule has 5 nitrogen and oxygen atoms in total. The summed E-state index contributed by atoms with van der Waals surface area (Å²) in [6, 6.07) is 20.7. The lowest BCUT2D eigenvalue weighted by molar-refractivity contribution is 0.835. The van der Waals surface area contributed by atoms with E-state index in [0.717, 1.165) is 17.1 Å². The van der Waals surface area contributed by atoms with Crippen molar-refractivity contribution in [2.24, 2.45) is 0 Å². The second-order valence-electron chi connectivity index (χ2n) is 6.09. The van der Waals surface area contributed by atoms with Gasteiger partial charge in [0, 0.05) is 11.6 Å². The van der Waals surface area contributed by atoms with Crippen molar-refractivity contribution >= 4 is 11.6 Å². The highest BCUT2D eigenvalue weighted by Gasteiger charge is 2.13. The van der Waals surface area contributed by atoms with E-state index < -0.39 is 0 Å². The predicted molar refractivity (Wildman–Crippen MR) is 99.4 cm³/mol. The molecule has 0 saturated carbocycles. The van der Waals surface area contributed by atoms with E-state index in [4.69, 9.17) is 0 Å². The number of aromatic nitrogens is 4. The first kappa shape index (κ1) is 15.3. The molecule has 1 atom stereocenters. The Labute approximate surface area is 146 Å². The maximum atomic E-state index is 4.61. The lowest BCUT2D eigenvalue weighted by Gasteiger charge is -2.18. The van der Waals surface area contributed by atoms with E-state index in [0.29, 0.717) is 5.78 Å². The third-order valence-electron chi connectivity index (χ3n) is 4.34. The minimum absolute atomic E-state index is 0.139. The molecule has 0 saturated heterocycles. The van der Waals surface area contributed by atoms with Crippen LogP contribution in [0.1, 0.15) is 24.1 Å². The molecule has 1 unspecified atom stereocenters. The molecule has 2 aromatic carbocycles. The van der Waals surface area contributed by atoms with Crippen LogP contribution in [0.25, 0.3) is 17.0 Å². The minimum Gasteiger partial charge on any atom is -0.363 e. The van der Waals surface area contributed by atoms with E-state index in [1.54, 1.807) is 4.52 Å². The number of nitrogens with one attached hydrogen (secondary N) is 1. The van der Waals surface area contributed by atoms with Crippen molar-refractivity contribution in [3.05, 3.63) is 78.1 Å². The van der Waals surface area contributed by atoms with E-state index in [1.807, 2.05) is 36.4 Å². The summed E-state index contributed by atoms with van der Waals surface area (Å²) in [5.74, 6) is 1.46. The number of benzene rings is 2. The van der Waals surface area contributed by atoms with Crippen molar-refractivity contribution in [2.75, 3.05) is 5.32 Å². The number of hydrogen-bond donors (Lipinski definition) is 1. The van der Waals surface area contributed by atoms with Gasteiger partial charge in [0.1, 0.15) is 12.1 Å². The SMILES string of the molecule is Cc1ccccc1C(C)Nc1cc(-c2ccccc2)nc2ncnn12. The first-order valence-electron chi connectivity index (χ1n) is 8.30. The van der Waals surface area contributed by atoms with Crippen LogP contribution in [0.15, 0.2) is 67.0 Å². The van der Waals surface area contributed by atoms with Gasteiger partial charge in [0.25, 0.3) is 5.78 Å². The van der Waals surface area contributed by atoms with Crippen molar-refractivity contribution in [1.82, 2.24) is 19.6 Å². The maximum absolute atomic E-state index is 4.61. The van der Waals surface area contributed by atoms with E-state index in [2.05, 4.69) is 58.5 Å². The molecule has 2 aromatic heterocycles. The molecule has 0 aliphatic carbocycles. The molecule has 0 bridgehead atoms. The molecule has 0 radical (unpaired) electrons. The van der Waals surface area contributed by atoms with Gasteiger partial charge in [0.05, 0.1) is 11.7 Å². The molecular weight excluding hydrogens is 310 g/mol. The van der Waals surface area contributed by atoms with Gasteiger partial charge in [0.2, 0.25) is 0 Å². The molecule has 4 aromatic rings. The third-order valence-corrected chi connectivity index (χ3v) is 4.34. The first-order valence-corrected chi connectivity index (χ1v) is 8.30. The fourth-order valence-corrected chi connectivity index (χ4v) is 3.04. The Morgan fingerprint density at radius 3 is 2.56 bits per heavy atom. The molecule has 0 spiro atoms. The number of hydrogen-bond acceptors (Lipinski definition) is 4. The van der Waals surface area contributed by atoms with Crippen LogP contribution < -0.4 is 5.32 Å². The van der Waals surface area contributed by atoms with Crippen LogP contribution in [-0.4, -0.2) is 19.6 Å².